The van der Waals surface area contributed by atoms with E-state index in [-0.39, 0.29) is 11.3 Å². The van der Waals surface area contributed by atoms with Gasteiger partial charge in [0.2, 0.25) is 0 Å². The Morgan fingerprint density at radius 1 is 1.47 bits per heavy atom. The molecule has 0 saturated heterocycles. The highest BCUT2D eigenvalue weighted by atomic mass is 35.5. The topological polar surface area (TPSA) is 74.7 Å². The Labute approximate surface area is 109 Å². The number of rotatable bonds is 4. The molecular weight excluding hydrogens is 289 g/mol. The molecule has 1 rings (SSSR count). The Morgan fingerprint density at radius 3 is 2.53 bits per heavy atom. The number of nitrogens with zero attached hydrogens (tertiary/aromatic N) is 1. The Morgan fingerprint density at radius 2 is 2.06 bits per heavy atom. The number of benzene rings is 1. The van der Waals surface area contributed by atoms with Gasteiger partial charge in [-0.05, 0) is 25.1 Å². The first kappa shape index (κ1) is 14.1. The lowest BCUT2D eigenvalue weighted by Gasteiger charge is -2.17. The second kappa shape index (κ2) is 5.12. The number of aromatic carboxylic acids is 1. The highest BCUT2D eigenvalue weighted by Crippen LogP contribution is 2.25. The van der Waals surface area contributed by atoms with E-state index in [1.165, 1.54) is 25.1 Å². The predicted octanol–water partition coefficient (Wildman–Crippen LogP) is 2.26. The van der Waals surface area contributed by atoms with Crippen molar-refractivity contribution < 1.29 is 18.3 Å². The molecule has 0 aromatic heterocycles. The molecule has 1 atom stereocenters. The van der Waals surface area contributed by atoms with Crippen molar-refractivity contribution in [2.75, 3.05) is 3.82 Å². The van der Waals surface area contributed by atoms with Crippen LogP contribution in [0.5, 0.6) is 0 Å². The van der Waals surface area contributed by atoms with Crippen LogP contribution in [0, 0.1) is 0 Å². The van der Waals surface area contributed by atoms with Crippen molar-refractivity contribution in [2.45, 2.75) is 11.6 Å². The first-order valence-electron chi connectivity index (χ1n) is 4.44. The third-order valence-electron chi connectivity index (χ3n) is 1.93. The molecule has 0 aliphatic heterocycles. The molecule has 0 fully saturated rings. The highest BCUT2D eigenvalue weighted by molar-refractivity contribution is 7.95. The number of alkyl halides is 1. The first-order chi connectivity index (χ1) is 7.76. The zero-order valence-electron chi connectivity index (χ0n) is 8.67. The summed E-state index contributed by atoms with van der Waals surface area (Å²) in [6, 6.07) is 5.23. The van der Waals surface area contributed by atoms with Crippen molar-refractivity contribution in [1.29, 1.82) is 0 Å². The summed E-state index contributed by atoms with van der Waals surface area (Å²) in [5.41, 5.74) is -0.0374. The second-order valence-corrected chi connectivity index (χ2v) is 6.71. The summed E-state index contributed by atoms with van der Waals surface area (Å²) >= 11 is 11.1. The van der Waals surface area contributed by atoms with Gasteiger partial charge in [-0.3, -0.25) is 0 Å². The average Bonchev–Trinajstić information content (AvgIpc) is 2.27. The molecule has 1 aromatic rings. The number of carbonyl (C=O) groups is 1. The number of carboxylic acids is 1. The quantitative estimate of drug-likeness (QED) is 0.683. The minimum Gasteiger partial charge on any atom is -0.478 e. The first-order valence-corrected chi connectivity index (χ1v) is 6.72. The molecule has 0 spiro atoms. The van der Waals surface area contributed by atoms with Crippen LogP contribution in [0.2, 0.25) is 0 Å². The van der Waals surface area contributed by atoms with Gasteiger partial charge in [0.25, 0.3) is 10.0 Å². The van der Waals surface area contributed by atoms with Crippen molar-refractivity contribution in [3.8, 4) is 0 Å². The molecule has 0 saturated carbocycles. The largest absolute Gasteiger partial charge is 0.478 e. The van der Waals surface area contributed by atoms with Gasteiger partial charge in [0.1, 0.15) is 0 Å². The van der Waals surface area contributed by atoms with Crippen LogP contribution in [0.15, 0.2) is 24.3 Å². The molecule has 1 N–H and O–H groups in total. The molecule has 0 amide bonds. The zero-order chi connectivity index (χ0) is 13.2. The molecule has 1 aromatic carbocycles. The standard InChI is InChI=1S/C9H9Cl2NO4S/c1-6(10)17(15,16)12(11)8-4-2-3-7(5-8)9(13)14/h2-6H,1H3,(H,13,14). The van der Waals surface area contributed by atoms with Gasteiger partial charge >= 0.3 is 5.97 Å². The molecule has 0 radical (unpaired) electrons. The van der Waals surface area contributed by atoms with Gasteiger partial charge < -0.3 is 5.11 Å². The fourth-order valence-corrected chi connectivity index (χ4v) is 2.51. The predicted molar refractivity (Wildman–Crippen MR) is 66.0 cm³/mol. The number of hydrogen-bond donors (Lipinski definition) is 1. The Balaban J connectivity index is 3.18. The van der Waals surface area contributed by atoms with Gasteiger partial charge in [0.05, 0.1) is 11.3 Å². The van der Waals surface area contributed by atoms with Gasteiger partial charge in [-0.15, -0.1) is 11.6 Å². The molecule has 0 heterocycles. The molecule has 5 nitrogen and oxygen atoms in total. The molecule has 8 heteroatoms. The van der Waals surface area contributed by atoms with Crippen molar-refractivity contribution in [1.82, 2.24) is 0 Å². The maximum atomic E-state index is 11.6. The lowest BCUT2D eigenvalue weighted by Crippen LogP contribution is -2.27. The number of hydrogen-bond acceptors (Lipinski definition) is 3. The van der Waals surface area contributed by atoms with Crippen LogP contribution >= 0.6 is 23.4 Å². The summed E-state index contributed by atoms with van der Waals surface area (Å²) in [5, 5.41) is 8.77. The maximum Gasteiger partial charge on any atom is 0.335 e. The smallest absolute Gasteiger partial charge is 0.335 e. The van der Waals surface area contributed by atoms with Crippen molar-refractivity contribution >= 4 is 45.1 Å². The third kappa shape index (κ3) is 3.02. The van der Waals surface area contributed by atoms with Crippen LogP contribution in [-0.2, 0) is 10.0 Å². The minimum atomic E-state index is -3.90. The maximum absolute atomic E-state index is 11.6. The van der Waals surface area contributed by atoms with Gasteiger partial charge in [0.15, 0.2) is 4.71 Å². The molecule has 0 aliphatic carbocycles. The van der Waals surface area contributed by atoms with Gasteiger partial charge in [-0.25, -0.2) is 13.2 Å². The van der Waals surface area contributed by atoms with Crippen molar-refractivity contribution in [3.63, 3.8) is 0 Å². The fourth-order valence-electron chi connectivity index (χ4n) is 1.02. The SMILES string of the molecule is CC(Cl)S(=O)(=O)N(Cl)c1cccc(C(=O)O)c1. The van der Waals surface area contributed by atoms with Gasteiger partial charge in [-0.2, -0.15) is 3.82 Å². The van der Waals surface area contributed by atoms with Crippen LogP contribution in [0.1, 0.15) is 17.3 Å². The molecule has 0 aliphatic rings. The summed E-state index contributed by atoms with van der Waals surface area (Å²) in [6.45, 7) is 1.26. The minimum absolute atomic E-state index is 0.0269. The third-order valence-corrected chi connectivity index (χ3v) is 4.86. The Hall–Kier alpha value is -0.980. The van der Waals surface area contributed by atoms with Crippen LogP contribution in [0.25, 0.3) is 0 Å². The summed E-state index contributed by atoms with van der Waals surface area (Å²) < 4.78 is 22.5. The number of halogens is 2. The summed E-state index contributed by atoms with van der Waals surface area (Å²) in [7, 11) is -3.90. The van der Waals surface area contributed by atoms with E-state index >= 15 is 0 Å². The van der Waals surface area contributed by atoms with E-state index in [1.807, 2.05) is 0 Å². The monoisotopic (exact) mass is 297 g/mol. The summed E-state index contributed by atoms with van der Waals surface area (Å²) in [6.07, 6.45) is 0. The van der Waals surface area contributed by atoms with E-state index in [1.54, 1.807) is 0 Å². The Kier molecular flexibility index (Phi) is 4.24. The summed E-state index contributed by atoms with van der Waals surface area (Å²) in [5.74, 6) is -1.17. The van der Waals surface area contributed by atoms with E-state index in [4.69, 9.17) is 28.5 Å². The highest BCUT2D eigenvalue weighted by Gasteiger charge is 2.26. The van der Waals surface area contributed by atoms with Gasteiger partial charge in [0, 0.05) is 11.8 Å². The van der Waals surface area contributed by atoms with Crippen LogP contribution in [-0.4, -0.2) is 24.2 Å². The normalized spacial score (nSPS) is 13.1. The van der Waals surface area contributed by atoms with Crippen molar-refractivity contribution in [2.24, 2.45) is 0 Å². The molecule has 17 heavy (non-hydrogen) atoms. The molecule has 0 bridgehead atoms. The van der Waals surface area contributed by atoms with Crippen molar-refractivity contribution in [3.05, 3.63) is 29.8 Å². The molecular formula is C9H9Cl2NO4S. The van der Waals surface area contributed by atoms with Gasteiger partial charge in [-0.1, -0.05) is 6.07 Å². The summed E-state index contributed by atoms with van der Waals surface area (Å²) in [4.78, 5) is 10.7. The van der Waals surface area contributed by atoms with Crippen LogP contribution < -0.4 is 3.82 Å². The van der Waals surface area contributed by atoms with E-state index in [0.717, 1.165) is 6.07 Å². The fraction of sp³-hybridized carbons (Fsp3) is 0.222. The molecule has 94 valence electrons. The number of carboxylic acid groups (broad SMARTS) is 1. The van der Waals surface area contributed by atoms with E-state index < -0.39 is 20.7 Å². The second-order valence-electron chi connectivity index (χ2n) is 3.16. The lowest BCUT2D eigenvalue weighted by molar-refractivity contribution is 0.0697. The Bertz CT molecular complexity index is 530. The van der Waals surface area contributed by atoms with E-state index in [2.05, 4.69) is 0 Å². The number of anilines is 1. The number of sulfonamides is 1. The van der Waals surface area contributed by atoms with E-state index in [0.29, 0.717) is 3.82 Å². The van der Waals surface area contributed by atoms with Crippen LogP contribution in [0.4, 0.5) is 5.69 Å². The lowest BCUT2D eigenvalue weighted by atomic mass is 10.2. The molecule has 1 unspecified atom stereocenters. The van der Waals surface area contributed by atoms with E-state index in [9.17, 15) is 13.2 Å². The zero-order valence-corrected chi connectivity index (χ0v) is 11.0. The average molecular weight is 298 g/mol. The van der Waals surface area contributed by atoms with Crippen LogP contribution in [0.3, 0.4) is 0 Å².